The van der Waals surface area contributed by atoms with Crippen LogP contribution in [0.3, 0.4) is 0 Å². The van der Waals surface area contributed by atoms with Gasteiger partial charge in [-0.3, -0.25) is 0 Å². The molecule has 0 atom stereocenters. The minimum atomic E-state index is -1.11. The lowest BCUT2D eigenvalue weighted by molar-refractivity contribution is -0.142. The van der Waals surface area contributed by atoms with Gasteiger partial charge in [0.2, 0.25) is 0 Å². The first-order valence-corrected chi connectivity index (χ1v) is 8.78. The number of hydrogen-bond acceptors (Lipinski definition) is 4. The van der Waals surface area contributed by atoms with Crippen LogP contribution in [0.2, 0.25) is 0 Å². The van der Waals surface area contributed by atoms with Crippen LogP contribution in [0.15, 0.2) is 54.6 Å². The van der Waals surface area contributed by atoms with E-state index in [-0.39, 0.29) is 5.69 Å². The first-order valence-electron chi connectivity index (χ1n) is 8.78. The van der Waals surface area contributed by atoms with Gasteiger partial charge < -0.3 is 14.4 Å². The lowest BCUT2D eigenvalue weighted by Crippen LogP contribution is -2.17. The highest BCUT2D eigenvalue weighted by Gasteiger charge is 2.22. The average molecular weight is 419 g/mol. The zero-order chi connectivity index (χ0) is 21.8. The summed E-state index contributed by atoms with van der Waals surface area (Å²) in [6.45, 7) is -0.578. The summed E-state index contributed by atoms with van der Waals surface area (Å²) in [6.07, 6.45) is 0. The molecule has 0 aliphatic heterocycles. The van der Waals surface area contributed by atoms with Gasteiger partial charge in [-0.15, -0.1) is 0 Å². The Morgan fingerprint density at radius 2 is 1.63 bits per heavy atom. The molecule has 4 nitrogen and oxygen atoms in total. The van der Waals surface area contributed by atoms with Crippen molar-refractivity contribution in [3.63, 3.8) is 0 Å². The predicted octanol–water partition coefficient (Wildman–Crippen LogP) is 5.23. The van der Waals surface area contributed by atoms with Crippen LogP contribution in [0.1, 0.15) is 0 Å². The highest BCUT2D eigenvalue weighted by atomic mass is 19.1. The molecule has 3 aromatic carbocycles. The molecule has 0 aliphatic rings. The molecule has 0 saturated heterocycles. The number of halogens is 4. The largest absolute Gasteiger partial charge is 0.479 e. The van der Waals surface area contributed by atoms with Gasteiger partial charge in [0.1, 0.15) is 23.1 Å². The van der Waals surface area contributed by atoms with Crippen LogP contribution in [-0.4, -0.2) is 26.7 Å². The summed E-state index contributed by atoms with van der Waals surface area (Å²) >= 11 is 0. The molecule has 0 heterocycles. The Balaban J connectivity index is 2.01. The normalized spacial score (nSPS) is 10.6. The van der Waals surface area contributed by atoms with Gasteiger partial charge in [-0.1, -0.05) is 18.2 Å². The molecular formula is C22H17F4NO3. The van der Waals surface area contributed by atoms with Crippen molar-refractivity contribution in [1.82, 2.24) is 0 Å². The van der Waals surface area contributed by atoms with Crippen molar-refractivity contribution in [3.05, 3.63) is 77.9 Å². The summed E-state index contributed by atoms with van der Waals surface area (Å²) < 4.78 is 66.8. The van der Waals surface area contributed by atoms with Crippen LogP contribution in [-0.2, 0) is 9.53 Å². The van der Waals surface area contributed by atoms with Gasteiger partial charge >= 0.3 is 5.97 Å². The second-order valence-corrected chi connectivity index (χ2v) is 6.31. The molecule has 0 spiro atoms. The molecule has 0 amide bonds. The van der Waals surface area contributed by atoms with Gasteiger partial charge in [-0.2, -0.15) is 0 Å². The SMILES string of the molecule is COC(=O)COc1ccc(F)c(N(C)c2cc(-c3cccc(F)c3)ccc2F)c1F. The van der Waals surface area contributed by atoms with Crippen molar-refractivity contribution in [1.29, 1.82) is 0 Å². The number of carbonyl (C=O) groups is 1. The third-order valence-electron chi connectivity index (χ3n) is 4.41. The first kappa shape index (κ1) is 21.2. The van der Waals surface area contributed by atoms with E-state index in [4.69, 9.17) is 4.74 Å². The summed E-state index contributed by atoms with van der Waals surface area (Å²) in [4.78, 5) is 12.2. The lowest BCUT2D eigenvalue weighted by atomic mass is 10.0. The molecule has 8 heteroatoms. The summed E-state index contributed by atoms with van der Waals surface area (Å²) in [6, 6.07) is 11.5. The molecule has 156 valence electrons. The fourth-order valence-electron chi connectivity index (χ4n) is 2.87. The van der Waals surface area contributed by atoms with Gasteiger partial charge in [0.15, 0.2) is 18.2 Å². The summed E-state index contributed by atoms with van der Waals surface area (Å²) in [5, 5.41) is 0. The number of carbonyl (C=O) groups excluding carboxylic acids is 1. The highest BCUT2D eigenvalue weighted by Crippen LogP contribution is 2.36. The molecule has 0 aromatic heterocycles. The fourth-order valence-corrected chi connectivity index (χ4v) is 2.87. The minimum absolute atomic E-state index is 0.139. The van der Waals surface area contributed by atoms with Crippen LogP contribution in [0.5, 0.6) is 5.75 Å². The van der Waals surface area contributed by atoms with Gasteiger partial charge in [-0.25, -0.2) is 22.4 Å². The number of nitrogens with zero attached hydrogens (tertiary/aromatic N) is 1. The van der Waals surface area contributed by atoms with E-state index in [0.717, 1.165) is 30.2 Å². The number of anilines is 2. The maximum Gasteiger partial charge on any atom is 0.343 e. The van der Waals surface area contributed by atoms with E-state index in [2.05, 4.69) is 4.74 Å². The number of rotatable bonds is 6. The lowest BCUT2D eigenvalue weighted by Gasteiger charge is -2.23. The number of ether oxygens (including phenoxy) is 2. The van der Waals surface area contributed by atoms with E-state index in [1.807, 2.05) is 0 Å². The van der Waals surface area contributed by atoms with Gasteiger partial charge in [0.25, 0.3) is 0 Å². The molecule has 0 aliphatic carbocycles. The Morgan fingerprint density at radius 3 is 2.33 bits per heavy atom. The quantitative estimate of drug-likeness (QED) is 0.405. The van der Waals surface area contributed by atoms with Crippen LogP contribution >= 0.6 is 0 Å². The maximum absolute atomic E-state index is 14.9. The Kier molecular flexibility index (Phi) is 6.25. The van der Waals surface area contributed by atoms with Crippen LogP contribution < -0.4 is 9.64 Å². The molecule has 30 heavy (non-hydrogen) atoms. The Labute approximate surface area is 170 Å². The second-order valence-electron chi connectivity index (χ2n) is 6.31. The van der Waals surface area contributed by atoms with Crippen LogP contribution in [0, 0.1) is 23.3 Å². The second kappa shape index (κ2) is 8.86. The Morgan fingerprint density at radius 1 is 0.933 bits per heavy atom. The predicted molar refractivity (Wildman–Crippen MR) is 104 cm³/mol. The monoisotopic (exact) mass is 419 g/mol. The molecular weight excluding hydrogens is 402 g/mol. The third-order valence-corrected chi connectivity index (χ3v) is 4.41. The van der Waals surface area contributed by atoms with Crippen molar-refractivity contribution in [2.24, 2.45) is 0 Å². The maximum atomic E-state index is 14.9. The molecule has 0 saturated carbocycles. The first-order chi connectivity index (χ1) is 14.3. The fraction of sp³-hybridized carbons (Fsp3) is 0.136. The molecule has 0 unspecified atom stereocenters. The molecule has 0 N–H and O–H groups in total. The van der Waals surface area contributed by atoms with E-state index in [1.54, 1.807) is 6.07 Å². The molecule has 3 rings (SSSR count). The summed E-state index contributed by atoms with van der Waals surface area (Å²) in [7, 11) is 2.42. The third kappa shape index (κ3) is 4.37. The molecule has 0 bridgehead atoms. The number of methoxy groups -OCH3 is 1. The Bertz CT molecular complexity index is 1090. The van der Waals surface area contributed by atoms with Crippen molar-refractivity contribution in [2.45, 2.75) is 0 Å². The molecule has 3 aromatic rings. The van der Waals surface area contributed by atoms with E-state index in [1.165, 1.54) is 37.4 Å². The van der Waals surface area contributed by atoms with E-state index < -0.39 is 47.3 Å². The van der Waals surface area contributed by atoms with Crippen LogP contribution in [0.25, 0.3) is 11.1 Å². The standard InChI is InChI=1S/C22H17F4NO3/c1-27(22-17(25)8-9-19(21(22)26)30-12-20(28)29-2)18-11-14(6-7-16(18)24)13-4-3-5-15(23)10-13/h3-11H,12H2,1-2H3. The highest BCUT2D eigenvalue weighted by molar-refractivity contribution is 5.74. The Hall–Kier alpha value is -3.55. The minimum Gasteiger partial charge on any atom is -0.479 e. The number of hydrogen-bond donors (Lipinski definition) is 0. The van der Waals surface area contributed by atoms with E-state index in [9.17, 15) is 22.4 Å². The van der Waals surface area contributed by atoms with E-state index in [0.29, 0.717) is 11.1 Å². The van der Waals surface area contributed by atoms with E-state index >= 15 is 0 Å². The van der Waals surface area contributed by atoms with Crippen molar-refractivity contribution < 1.29 is 31.8 Å². The van der Waals surface area contributed by atoms with Crippen LogP contribution in [0.4, 0.5) is 28.9 Å². The smallest absolute Gasteiger partial charge is 0.343 e. The molecule has 0 radical (unpaired) electrons. The number of esters is 1. The van der Waals surface area contributed by atoms with Crippen molar-refractivity contribution >= 4 is 17.3 Å². The zero-order valence-corrected chi connectivity index (χ0v) is 16.1. The van der Waals surface area contributed by atoms with Gasteiger partial charge in [0, 0.05) is 7.05 Å². The zero-order valence-electron chi connectivity index (χ0n) is 16.1. The molecule has 0 fully saturated rings. The number of benzene rings is 3. The van der Waals surface area contributed by atoms with Gasteiger partial charge in [-0.05, 0) is 47.5 Å². The summed E-state index contributed by atoms with van der Waals surface area (Å²) in [5.41, 5.74) is 0.213. The van der Waals surface area contributed by atoms with Crippen molar-refractivity contribution in [3.8, 4) is 16.9 Å². The van der Waals surface area contributed by atoms with Crippen molar-refractivity contribution in [2.75, 3.05) is 25.7 Å². The van der Waals surface area contributed by atoms with Gasteiger partial charge in [0.05, 0.1) is 12.8 Å². The topological polar surface area (TPSA) is 38.8 Å². The summed E-state index contributed by atoms with van der Waals surface area (Å²) in [5.74, 6) is -4.43. The average Bonchev–Trinajstić information content (AvgIpc) is 2.73.